The molecule has 1 aliphatic heterocycles. The van der Waals surface area contributed by atoms with Gasteiger partial charge in [0, 0.05) is 24.0 Å². The van der Waals surface area contributed by atoms with Crippen molar-refractivity contribution in [2.45, 2.75) is 38.9 Å². The molecule has 0 unspecified atom stereocenters. The lowest BCUT2D eigenvalue weighted by molar-refractivity contribution is -0.137. The van der Waals surface area contributed by atoms with Crippen molar-refractivity contribution in [2.24, 2.45) is 5.73 Å². The molecule has 206 valence electrons. The van der Waals surface area contributed by atoms with Crippen molar-refractivity contribution in [3.63, 3.8) is 0 Å². The van der Waals surface area contributed by atoms with E-state index >= 15 is 0 Å². The van der Waals surface area contributed by atoms with Crippen LogP contribution in [-0.4, -0.2) is 26.6 Å². The fraction of sp³-hybridized carbons (Fsp3) is 0.214. The zero-order chi connectivity index (χ0) is 28.8. The van der Waals surface area contributed by atoms with Gasteiger partial charge in [-0.25, -0.2) is 9.67 Å². The van der Waals surface area contributed by atoms with Gasteiger partial charge < -0.3 is 16.4 Å². The number of primary amides is 1. The van der Waals surface area contributed by atoms with Gasteiger partial charge in [0.1, 0.15) is 22.9 Å². The highest BCUT2D eigenvalue weighted by Crippen LogP contribution is 2.36. The third kappa shape index (κ3) is 5.24. The Balaban J connectivity index is 1.45. The second-order valence-electron chi connectivity index (χ2n) is 9.68. The molecule has 3 heterocycles. The van der Waals surface area contributed by atoms with Gasteiger partial charge >= 0.3 is 6.18 Å². The third-order valence-electron chi connectivity index (χ3n) is 6.66. The van der Waals surface area contributed by atoms with E-state index in [4.69, 9.17) is 17.3 Å². The van der Waals surface area contributed by atoms with Crippen LogP contribution < -0.4 is 16.4 Å². The minimum Gasteiger partial charge on any atom is -0.365 e. The first-order chi connectivity index (χ1) is 18.9. The van der Waals surface area contributed by atoms with Crippen molar-refractivity contribution >= 4 is 40.7 Å². The predicted molar refractivity (Wildman–Crippen MR) is 146 cm³/mol. The van der Waals surface area contributed by atoms with Crippen LogP contribution >= 0.6 is 11.6 Å². The minimum atomic E-state index is -4.59. The summed E-state index contributed by atoms with van der Waals surface area (Å²) in [5.74, 6) is -0.903. The number of pyridine rings is 1. The van der Waals surface area contributed by atoms with E-state index in [1.54, 1.807) is 4.68 Å². The predicted octanol–water partition coefficient (Wildman–Crippen LogP) is 6.39. The first-order valence-corrected chi connectivity index (χ1v) is 12.7. The van der Waals surface area contributed by atoms with Crippen LogP contribution in [0.2, 0.25) is 5.02 Å². The Morgan fingerprint density at radius 2 is 1.90 bits per heavy atom. The molecule has 1 aliphatic rings. The summed E-state index contributed by atoms with van der Waals surface area (Å²) in [4.78, 5) is 29.2. The first kappa shape index (κ1) is 27.2. The molecular formula is C28H24ClF3N6O2. The topological polar surface area (TPSA) is 115 Å². The van der Waals surface area contributed by atoms with E-state index in [1.165, 1.54) is 23.8 Å². The summed E-state index contributed by atoms with van der Waals surface area (Å²) in [6.45, 7) is 4.74. The van der Waals surface area contributed by atoms with Gasteiger partial charge in [0.2, 0.25) is 0 Å². The van der Waals surface area contributed by atoms with Crippen LogP contribution in [0, 0.1) is 0 Å². The van der Waals surface area contributed by atoms with Crippen LogP contribution in [0.15, 0.2) is 54.7 Å². The molecule has 0 spiro atoms. The average Bonchev–Trinajstić information content (AvgIpc) is 3.16. The Hall–Kier alpha value is -4.38. The molecule has 0 aliphatic carbocycles. The maximum absolute atomic E-state index is 13.0. The van der Waals surface area contributed by atoms with E-state index in [0.717, 1.165) is 29.6 Å². The Labute approximate surface area is 232 Å². The summed E-state index contributed by atoms with van der Waals surface area (Å²) < 4.78 is 40.7. The maximum Gasteiger partial charge on any atom is 0.416 e. The number of carbonyl (C=O) groups is 2. The molecule has 4 aromatic rings. The third-order valence-corrected chi connectivity index (χ3v) is 6.97. The fourth-order valence-corrected chi connectivity index (χ4v) is 4.81. The van der Waals surface area contributed by atoms with Gasteiger partial charge in [-0.05, 0) is 53.8 Å². The quantitative estimate of drug-likeness (QED) is 0.258. The largest absolute Gasteiger partial charge is 0.416 e. The highest BCUT2D eigenvalue weighted by molar-refractivity contribution is 6.34. The molecule has 4 N–H and O–H groups in total. The van der Waals surface area contributed by atoms with Crippen molar-refractivity contribution in [1.82, 2.24) is 14.8 Å². The summed E-state index contributed by atoms with van der Waals surface area (Å²) in [6, 6.07) is 12.1. The zero-order valence-corrected chi connectivity index (χ0v) is 22.2. The van der Waals surface area contributed by atoms with Crippen LogP contribution in [0.3, 0.4) is 0 Å². The van der Waals surface area contributed by atoms with E-state index in [-0.39, 0.29) is 27.7 Å². The molecule has 2 aromatic heterocycles. The zero-order valence-electron chi connectivity index (χ0n) is 21.4. The summed E-state index contributed by atoms with van der Waals surface area (Å²) in [5, 5.41) is 10.3. The standard InChI is InChI=1S/C28H24ClF3N6O2/c1-14(2)15-4-6-21-16(11-15)8-10-38-26(35-21)23(25(33)39)24(37-38)17-3-5-19(20(29)12-17)27(40)36-22-13-18(7-9-34-22)28(30,31)32/h3-7,9,11-14,35H,8,10H2,1-2H3,(H2,33,39)(H,34,36,40). The lowest BCUT2D eigenvalue weighted by atomic mass is 9.98. The number of nitrogens with two attached hydrogens (primary N) is 1. The van der Waals surface area contributed by atoms with Gasteiger partial charge in [-0.1, -0.05) is 43.6 Å². The molecule has 2 aromatic carbocycles. The number of amides is 2. The monoisotopic (exact) mass is 568 g/mol. The van der Waals surface area contributed by atoms with Crippen LogP contribution in [0.25, 0.3) is 11.3 Å². The Kier molecular flexibility index (Phi) is 7.01. The van der Waals surface area contributed by atoms with Gasteiger partial charge in [0.25, 0.3) is 11.8 Å². The fourth-order valence-electron chi connectivity index (χ4n) is 4.55. The molecule has 0 atom stereocenters. The number of alkyl halides is 3. The summed E-state index contributed by atoms with van der Waals surface area (Å²) in [5.41, 5.74) is 8.88. The summed E-state index contributed by atoms with van der Waals surface area (Å²) >= 11 is 6.41. The van der Waals surface area contributed by atoms with Crippen molar-refractivity contribution in [3.8, 4) is 11.3 Å². The maximum atomic E-state index is 13.0. The molecular weight excluding hydrogens is 545 g/mol. The van der Waals surface area contributed by atoms with E-state index in [0.29, 0.717) is 30.3 Å². The molecule has 0 saturated carbocycles. The lowest BCUT2D eigenvalue weighted by Crippen LogP contribution is -2.15. The normalized spacial score (nSPS) is 12.8. The number of hydrogen-bond acceptors (Lipinski definition) is 5. The van der Waals surface area contributed by atoms with Crippen LogP contribution in [0.5, 0.6) is 0 Å². The van der Waals surface area contributed by atoms with Gasteiger partial charge in [-0.2, -0.15) is 18.3 Å². The van der Waals surface area contributed by atoms with E-state index in [9.17, 15) is 22.8 Å². The smallest absolute Gasteiger partial charge is 0.365 e. The molecule has 8 nitrogen and oxygen atoms in total. The number of benzene rings is 2. The molecule has 0 fully saturated rings. The second-order valence-corrected chi connectivity index (χ2v) is 10.1. The molecule has 12 heteroatoms. The van der Waals surface area contributed by atoms with Crippen LogP contribution in [0.1, 0.15) is 57.2 Å². The lowest BCUT2D eigenvalue weighted by Gasteiger charge is -2.13. The highest BCUT2D eigenvalue weighted by Gasteiger charge is 2.31. The van der Waals surface area contributed by atoms with Gasteiger partial charge in [-0.15, -0.1) is 0 Å². The van der Waals surface area contributed by atoms with E-state index < -0.39 is 23.6 Å². The number of hydrogen-bond donors (Lipinski definition) is 3. The molecule has 0 radical (unpaired) electrons. The number of carbonyl (C=O) groups excluding carboxylic acids is 2. The van der Waals surface area contributed by atoms with E-state index in [2.05, 4.69) is 40.6 Å². The van der Waals surface area contributed by atoms with Gasteiger partial charge in [0.15, 0.2) is 0 Å². The van der Waals surface area contributed by atoms with Crippen LogP contribution in [0.4, 0.5) is 30.5 Å². The number of anilines is 3. The average molecular weight is 569 g/mol. The Bertz CT molecular complexity index is 1650. The van der Waals surface area contributed by atoms with Gasteiger partial charge in [0.05, 0.1) is 16.1 Å². The number of fused-ring (bicyclic) bond motifs is 2. The number of nitrogens with one attached hydrogen (secondary N) is 2. The van der Waals surface area contributed by atoms with Gasteiger partial charge in [-0.3, -0.25) is 9.59 Å². The molecule has 40 heavy (non-hydrogen) atoms. The first-order valence-electron chi connectivity index (χ1n) is 12.4. The number of nitrogens with zero attached hydrogens (tertiary/aromatic N) is 3. The summed E-state index contributed by atoms with van der Waals surface area (Å²) in [7, 11) is 0. The number of aromatic nitrogens is 3. The number of rotatable bonds is 5. The SMILES string of the molecule is CC(C)c1ccc2c(c1)CCn1nc(-c3ccc(C(=O)Nc4cc(C(F)(F)F)ccn4)c(Cl)c3)c(C(N)=O)c1N2. The molecule has 5 rings (SSSR count). The van der Waals surface area contributed by atoms with Crippen molar-refractivity contribution in [2.75, 3.05) is 10.6 Å². The van der Waals surface area contributed by atoms with E-state index in [1.807, 2.05) is 12.1 Å². The molecule has 2 amide bonds. The van der Waals surface area contributed by atoms with Crippen molar-refractivity contribution in [1.29, 1.82) is 0 Å². The van der Waals surface area contributed by atoms with Crippen molar-refractivity contribution < 1.29 is 22.8 Å². The number of halogens is 4. The Morgan fingerprint density at radius 1 is 1.12 bits per heavy atom. The number of aryl methyl sites for hydroxylation is 2. The Morgan fingerprint density at radius 3 is 2.58 bits per heavy atom. The highest BCUT2D eigenvalue weighted by atomic mass is 35.5. The van der Waals surface area contributed by atoms with Crippen molar-refractivity contribution in [3.05, 3.63) is 87.6 Å². The molecule has 0 saturated heterocycles. The minimum absolute atomic E-state index is 0.000102. The molecule has 0 bridgehead atoms. The van der Waals surface area contributed by atoms with Crippen LogP contribution in [-0.2, 0) is 19.1 Å². The summed E-state index contributed by atoms with van der Waals surface area (Å²) in [6.07, 6.45) is -2.96. The second kappa shape index (κ2) is 10.3.